The average Bonchev–Trinajstić information content (AvgIpc) is 2.87. The second-order valence-electron chi connectivity index (χ2n) is 16.1. The van der Waals surface area contributed by atoms with Crippen LogP contribution in [0.4, 0.5) is 0 Å². The highest BCUT2D eigenvalue weighted by Gasteiger charge is 2.52. The Hall–Kier alpha value is -0.0800. The van der Waals surface area contributed by atoms with E-state index in [0.717, 1.165) is 35.8 Å². The third kappa shape index (κ3) is 5.59. The van der Waals surface area contributed by atoms with Crippen molar-refractivity contribution < 1.29 is 0 Å². The van der Waals surface area contributed by atoms with E-state index in [4.69, 9.17) is 0 Å². The van der Waals surface area contributed by atoms with Gasteiger partial charge < -0.3 is 4.90 Å². The van der Waals surface area contributed by atoms with E-state index in [2.05, 4.69) is 93.0 Å². The molecule has 2 nitrogen and oxygen atoms in total. The number of rotatable bonds is 4. The van der Waals surface area contributed by atoms with Gasteiger partial charge in [-0.05, 0) is 91.0 Å². The van der Waals surface area contributed by atoms with Gasteiger partial charge in [0.1, 0.15) is 0 Å². The molecule has 3 heterocycles. The van der Waals surface area contributed by atoms with Crippen molar-refractivity contribution in [1.29, 1.82) is 0 Å². The molecule has 0 aromatic heterocycles. The van der Waals surface area contributed by atoms with Gasteiger partial charge in [0.25, 0.3) is 0 Å². The molecular weight excluding hydrogens is 388 g/mol. The lowest BCUT2D eigenvalue weighted by Crippen LogP contribution is -2.54. The van der Waals surface area contributed by atoms with Crippen molar-refractivity contribution >= 4 is 0 Å². The summed E-state index contributed by atoms with van der Waals surface area (Å²) in [7, 11) is 2.44. The minimum absolute atomic E-state index is 0.405. The summed E-state index contributed by atoms with van der Waals surface area (Å²) in [6.45, 7) is 31.3. The van der Waals surface area contributed by atoms with E-state index in [1.807, 2.05) is 0 Å². The monoisotopic (exact) mass is 446 g/mol. The molecule has 6 atom stereocenters. The molecular formula is C30H58N2. The van der Waals surface area contributed by atoms with E-state index >= 15 is 0 Å². The predicted octanol–water partition coefficient (Wildman–Crippen LogP) is 7.58. The normalized spacial score (nSPS) is 36.0. The molecule has 6 unspecified atom stereocenters. The highest BCUT2D eigenvalue weighted by atomic mass is 15.2. The van der Waals surface area contributed by atoms with Crippen LogP contribution in [0.1, 0.15) is 108 Å². The van der Waals surface area contributed by atoms with Crippen LogP contribution in [0.15, 0.2) is 0 Å². The Labute approximate surface area is 202 Å². The summed E-state index contributed by atoms with van der Waals surface area (Å²) >= 11 is 0. The van der Waals surface area contributed by atoms with Crippen molar-refractivity contribution in [3.05, 3.63) is 0 Å². The van der Waals surface area contributed by atoms with Crippen LogP contribution in [-0.2, 0) is 0 Å². The number of fused-ring (bicyclic) bond motifs is 2. The Morgan fingerprint density at radius 3 is 1.53 bits per heavy atom. The van der Waals surface area contributed by atoms with Crippen LogP contribution in [0.3, 0.4) is 0 Å². The number of hydrogen-bond donors (Lipinski definition) is 0. The highest BCUT2D eigenvalue weighted by Crippen LogP contribution is 2.53. The molecule has 0 aromatic carbocycles. The predicted molar refractivity (Wildman–Crippen MR) is 141 cm³/mol. The zero-order chi connectivity index (χ0) is 24.3. The van der Waals surface area contributed by atoms with E-state index in [1.165, 1.54) is 51.7 Å². The molecule has 3 fully saturated rings. The molecule has 0 aromatic rings. The highest BCUT2D eigenvalue weighted by molar-refractivity contribution is 5.05. The molecule has 0 spiro atoms. The van der Waals surface area contributed by atoms with Gasteiger partial charge in [-0.15, -0.1) is 0 Å². The minimum Gasteiger partial charge on any atom is -0.303 e. The fraction of sp³-hybridized carbons (Fsp3) is 1.00. The number of hydrogen-bond acceptors (Lipinski definition) is 2. The summed E-state index contributed by atoms with van der Waals surface area (Å²) in [5, 5.41) is 0. The van der Waals surface area contributed by atoms with Gasteiger partial charge in [-0.3, -0.25) is 4.90 Å². The quantitative estimate of drug-likeness (QED) is 0.439. The third-order valence-electron chi connectivity index (χ3n) is 10.4. The minimum atomic E-state index is 0.405. The summed E-state index contributed by atoms with van der Waals surface area (Å²) in [5.41, 5.74) is 1.63. The Bertz CT molecular complexity index is 607. The van der Waals surface area contributed by atoms with E-state index in [1.54, 1.807) is 0 Å². The van der Waals surface area contributed by atoms with Crippen molar-refractivity contribution in [2.75, 3.05) is 26.7 Å². The molecule has 3 rings (SSSR count). The van der Waals surface area contributed by atoms with E-state index < -0.39 is 0 Å². The van der Waals surface area contributed by atoms with Gasteiger partial charge in [-0.1, -0.05) is 76.2 Å². The van der Waals surface area contributed by atoms with Crippen molar-refractivity contribution in [2.45, 2.75) is 120 Å². The standard InChI is InChI=1S/C30H58N2/c1-27(2,3)21-17-22(28(4,5)6)20-32(19-21)16-15-30(10,11)24-18-23(29(7,8)9)25-13-14-26(24)31(25)12/h21-26H,13-20H2,1-12H3. The number of likely N-dealkylation sites (tertiary alicyclic amines) is 1. The SMILES string of the molecule is CN1C2CCC1C(C(C)(C)CCN1CC(C(C)(C)C)CC(C(C)(C)C)C1)CC2C(C)(C)C. The van der Waals surface area contributed by atoms with Crippen molar-refractivity contribution in [3.63, 3.8) is 0 Å². The van der Waals surface area contributed by atoms with Crippen molar-refractivity contribution in [2.24, 2.45) is 45.3 Å². The summed E-state index contributed by atoms with van der Waals surface area (Å²) in [6, 6.07) is 1.62. The molecule has 2 bridgehead atoms. The van der Waals surface area contributed by atoms with E-state index in [0.29, 0.717) is 21.7 Å². The van der Waals surface area contributed by atoms with Crippen LogP contribution in [0.2, 0.25) is 0 Å². The number of nitrogens with zero attached hydrogens (tertiary/aromatic N) is 2. The lowest BCUT2D eigenvalue weighted by atomic mass is 9.62. The first-order valence-electron chi connectivity index (χ1n) is 13.9. The molecule has 0 amide bonds. The van der Waals surface area contributed by atoms with Gasteiger partial charge in [0.2, 0.25) is 0 Å². The molecule has 32 heavy (non-hydrogen) atoms. The molecule has 0 saturated carbocycles. The fourth-order valence-corrected chi connectivity index (χ4v) is 7.58. The number of piperidine rings is 2. The Balaban J connectivity index is 1.72. The van der Waals surface area contributed by atoms with Gasteiger partial charge >= 0.3 is 0 Å². The van der Waals surface area contributed by atoms with Gasteiger partial charge in [0.15, 0.2) is 0 Å². The first-order chi connectivity index (χ1) is 14.4. The molecule has 0 aliphatic carbocycles. The van der Waals surface area contributed by atoms with Gasteiger partial charge in [0.05, 0.1) is 0 Å². The van der Waals surface area contributed by atoms with Crippen molar-refractivity contribution in [3.8, 4) is 0 Å². The molecule has 3 aliphatic heterocycles. The zero-order valence-corrected chi connectivity index (χ0v) is 24.0. The van der Waals surface area contributed by atoms with Gasteiger partial charge in [0, 0.05) is 25.2 Å². The molecule has 188 valence electrons. The molecule has 0 radical (unpaired) electrons. The summed E-state index contributed by atoms with van der Waals surface area (Å²) < 4.78 is 0. The van der Waals surface area contributed by atoms with Gasteiger partial charge in [-0.2, -0.15) is 0 Å². The smallest absolute Gasteiger partial charge is 0.0129 e. The molecule has 0 N–H and O–H groups in total. The maximum absolute atomic E-state index is 2.86. The van der Waals surface area contributed by atoms with E-state index in [9.17, 15) is 0 Å². The Morgan fingerprint density at radius 2 is 1.09 bits per heavy atom. The lowest BCUT2D eigenvalue weighted by Gasteiger charge is -2.53. The lowest BCUT2D eigenvalue weighted by molar-refractivity contribution is -0.0373. The maximum atomic E-state index is 2.86. The van der Waals surface area contributed by atoms with Crippen LogP contribution in [0.5, 0.6) is 0 Å². The summed E-state index contributed by atoms with van der Waals surface area (Å²) in [5.74, 6) is 3.29. The van der Waals surface area contributed by atoms with Crippen LogP contribution in [0, 0.1) is 45.3 Å². The molecule has 3 saturated heterocycles. The van der Waals surface area contributed by atoms with Crippen LogP contribution in [-0.4, -0.2) is 48.6 Å². The van der Waals surface area contributed by atoms with Crippen molar-refractivity contribution in [1.82, 2.24) is 9.80 Å². The third-order valence-corrected chi connectivity index (χ3v) is 10.4. The fourth-order valence-electron chi connectivity index (χ4n) is 7.58. The maximum Gasteiger partial charge on any atom is 0.0129 e. The second-order valence-corrected chi connectivity index (χ2v) is 16.1. The average molecular weight is 447 g/mol. The first-order valence-corrected chi connectivity index (χ1v) is 13.9. The molecule has 3 aliphatic rings. The summed E-state index contributed by atoms with van der Waals surface area (Å²) in [6.07, 6.45) is 7.02. The first kappa shape index (κ1) is 26.5. The topological polar surface area (TPSA) is 6.48 Å². The Morgan fingerprint density at radius 1 is 0.625 bits per heavy atom. The zero-order valence-electron chi connectivity index (χ0n) is 24.0. The van der Waals surface area contributed by atoms with Crippen LogP contribution >= 0.6 is 0 Å². The van der Waals surface area contributed by atoms with Crippen LogP contribution in [0.25, 0.3) is 0 Å². The van der Waals surface area contributed by atoms with Gasteiger partial charge in [-0.25, -0.2) is 0 Å². The Kier molecular flexibility index (Phi) is 7.34. The van der Waals surface area contributed by atoms with E-state index in [-0.39, 0.29) is 0 Å². The largest absolute Gasteiger partial charge is 0.303 e. The second kappa shape index (κ2) is 8.85. The molecule has 2 heteroatoms. The summed E-state index contributed by atoms with van der Waals surface area (Å²) in [4.78, 5) is 5.67. The van der Waals surface area contributed by atoms with Crippen LogP contribution < -0.4 is 0 Å².